The second-order valence-electron chi connectivity index (χ2n) is 4.09. The molecule has 2 N–H and O–H groups in total. The van der Waals surface area contributed by atoms with E-state index in [2.05, 4.69) is 0 Å². The summed E-state index contributed by atoms with van der Waals surface area (Å²) in [7, 11) is 1.98. The normalized spacial score (nSPS) is 13.2. The molecule has 16 heavy (non-hydrogen) atoms. The van der Waals surface area contributed by atoms with Gasteiger partial charge in [-0.15, -0.1) is 0 Å². The van der Waals surface area contributed by atoms with Gasteiger partial charge in [0.25, 0.3) is 0 Å². The molecule has 2 aromatic rings. The Bertz CT molecular complexity index is 476. The lowest BCUT2D eigenvalue weighted by Gasteiger charge is -2.08. The number of nitrogens with zero attached hydrogens (tertiary/aromatic N) is 1. The molecule has 0 saturated carbocycles. The Balaban J connectivity index is 2.37. The maximum atomic E-state index is 10.0. The summed E-state index contributed by atoms with van der Waals surface area (Å²) >= 11 is 0. The first kappa shape index (κ1) is 11.2. The molecule has 0 radical (unpaired) electrons. The summed E-state index contributed by atoms with van der Waals surface area (Å²) in [5.41, 5.74) is 2.08. The summed E-state index contributed by atoms with van der Waals surface area (Å²) in [6.45, 7) is 0.127. The van der Waals surface area contributed by atoms with Crippen LogP contribution in [0, 0.1) is 0 Å². The Labute approximate surface area is 94.9 Å². The van der Waals surface area contributed by atoms with Crippen molar-refractivity contribution >= 4 is 10.9 Å². The Morgan fingerprint density at radius 3 is 2.81 bits per heavy atom. The summed E-state index contributed by atoms with van der Waals surface area (Å²) in [6, 6.07) is 8.03. The van der Waals surface area contributed by atoms with Gasteiger partial charge in [-0.2, -0.15) is 0 Å². The predicted octanol–water partition coefficient (Wildman–Crippen LogP) is 1.98. The van der Waals surface area contributed by atoms with E-state index in [1.165, 1.54) is 0 Å². The lowest BCUT2D eigenvalue weighted by Crippen LogP contribution is -1.98. The number of fused-ring (bicyclic) bond motifs is 1. The van der Waals surface area contributed by atoms with Gasteiger partial charge in [0, 0.05) is 36.3 Å². The highest BCUT2D eigenvalue weighted by Gasteiger charge is 2.13. The van der Waals surface area contributed by atoms with E-state index in [0.717, 1.165) is 16.5 Å². The summed E-state index contributed by atoms with van der Waals surface area (Å²) in [5.74, 6) is 0. The van der Waals surface area contributed by atoms with Crippen LogP contribution in [0.1, 0.15) is 24.5 Å². The molecular weight excluding hydrogens is 202 g/mol. The van der Waals surface area contributed by atoms with Crippen molar-refractivity contribution in [3.05, 3.63) is 36.0 Å². The Kier molecular flexibility index (Phi) is 3.27. The fourth-order valence-electron chi connectivity index (χ4n) is 2.08. The van der Waals surface area contributed by atoms with Crippen molar-refractivity contribution in [3.63, 3.8) is 0 Å². The molecule has 0 amide bonds. The zero-order chi connectivity index (χ0) is 11.5. The van der Waals surface area contributed by atoms with Crippen molar-refractivity contribution in [2.24, 2.45) is 7.05 Å². The third-order valence-electron chi connectivity index (χ3n) is 2.92. The number of hydrogen-bond donors (Lipinski definition) is 2. The smallest absolute Gasteiger partial charge is 0.0811 e. The number of benzene rings is 1. The third kappa shape index (κ3) is 1.96. The van der Waals surface area contributed by atoms with Gasteiger partial charge in [-0.1, -0.05) is 18.2 Å². The first-order chi connectivity index (χ1) is 7.74. The van der Waals surface area contributed by atoms with Crippen LogP contribution in [0.5, 0.6) is 0 Å². The minimum absolute atomic E-state index is 0.127. The minimum Gasteiger partial charge on any atom is -0.396 e. The van der Waals surface area contributed by atoms with E-state index in [0.29, 0.717) is 12.8 Å². The molecular formula is C13H17NO2. The predicted molar refractivity (Wildman–Crippen MR) is 64.2 cm³/mol. The number of hydrogen-bond acceptors (Lipinski definition) is 2. The van der Waals surface area contributed by atoms with Crippen molar-refractivity contribution in [2.75, 3.05) is 6.61 Å². The molecule has 0 bridgehead atoms. The van der Waals surface area contributed by atoms with E-state index in [4.69, 9.17) is 5.11 Å². The molecule has 3 nitrogen and oxygen atoms in total. The zero-order valence-corrected chi connectivity index (χ0v) is 9.43. The fraction of sp³-hybridized carbons (Fsp3) is 0.385. The standard InChI is InChI=1S/C13H17NO2/c1-14-9-11(13(16)7-4-8-15)10-5-2-3-6-12(10)14/h2-3,5-6,9,13,15-16H,4,7-8H2,1H3. The van der Waals surface area contributed by atoms with Gasteiger partial charge in [-0.05, 0) is 18.9 Å². The molecule has 1 aromatic heterocycles. The van der Waals surface area contributed by atoms with Gasteiger partial charge >= 0.3 is 0 Å². The van der Waals surface area contributed by atoms with Crippen LogP contribution in [0.2, 0.25) is 0 Å². The van der Waals surface area contributed by atoms with Gasteiger partial charge in [-0.3, -0.25) is 0 Å². The van der Waals surface area contributed by atoms with Crippen LogP contribution in [-0.2, 0) is 7.05 Å². The van der Waals surface area contributed by atoms with Crippen molar-refractivity contribution in [1.29, 1.82) is 0 Å². The van der Waals surface area contributed by atoms with Gasteiger partial charge in [0.05, 0.1) is 6.10 Å². The van der Waals surface area contributed by atoms with E-state index in [-0.39, 0.29) is 6.61 Å². The number of aliphatic hydroxyl groups excluding tert-OH is 2. The second kappa shape index (κ2) is 4.68. The number of rotatable bonds is 4. The lowest BCUT2D eigenvalue weighted by molar-refractivity contribution is 0.153. The monoisotopic (exact) mass is 219 g/mol. The molecule has 1 aromatic carbocycles. The molecule has 0 aliphatic rings. The van der Waals surface area contributed by atoms with Crippen LogP contribution in [-0.4, -0.2) is 21.4 Å². The number of aromatic nitrogens is 1. The third-order valence-corrected chi connectivity index (χ3v) is 2.92. The highest BCUT2D eigenvalue weighted by atomic mass is 16.3. The Hall–Kier alpha value is -1.32. The van der Waals surface area contributed by atoms with Gasteiger partial charge in [0.1, 0.15) is 0 Å². The first-order valence-electron chi connectivity index (χ1n) is 5.57. The van der Waals surface area contributed by atoms with Gasteiger partial charge in [0.2, 0.25) is 0 Å². The van der Waals surface area contributed by atoms with Crippen LogP contribution >= 0.6 is 0 Å². The molecule has 2 rings (SSSR count). The molecule has 0 saturated heterocycles. The number of aryl methyl sites for hydroxylation is 1. The summed E-state index contributed by atoms with van der Waals surface area (Å²) in [4.78, 5) is 0. The van der Waals surface area contributed by atoms with Crippen molar-refractivity contribution in [3.8, 4) is 0 Å². The molecule has 1 atom stereocenters. The van der Waals surface area contributed by atoms with Gasteiger partial charge in [-0.25, -0.2) is 0 Å². The van der Waals surface area contributed by atoms with Crippen LogP contribution in [0.3, 0.4) is 0 Å². The Morgan fingerprint density at radius 2 is 2.06 bits per heavy atom. The highest BCUT2D eigenvalue weighted by Crippen LogP contribution is 2.28. The average Bonchev–Trinajstić information content (AvgIpc) is 2.65. The van der Waals surface area contributed by atoms with Gasteiger partial charge in [0.15, 0.2) is 0 Å². The summed E-state index contributed by atoms with van der Waals surface area (Å²) in [5, 5.41) is 19.9. The maximum absolute atomic E-state index is 10.0. The maximum Gasteiger partial charge on any atom is 0.0811 e. The van der Waals surface area contributed by atoms with E-state index >= 15 is 0 Å². The molecule has 86 valence electrons. The van der Waals surface area contributed by atoms with Crippen molar-refractivity contribution in [1.82, 2.24) is 4.57 Å². The number of para-hydroxylation sites is 1. The van der Waals surface area contributed by atoms with E-state index < -0.39 is 6.10 Å². The molecule has 0 aliphatic heterocycles. The largest absolute Gasteiger partial charge is 0.396 e. The fourth-order valence-corrected chi connectivity index (χ4v) is 2.08. The molecule has 0 aliphatic carbocycles. The van der Waals surface area contributed by atoms with E-state index in [9.17, 15) is 5.11 Å². The molecule has 0 fully saturated rings. The van der Waals surface area contributed by atoms with Crippen LogP contribution < -0.4 is 0 Å². The molecule has 1 unspecified atom stereocenters. The van der Waals surface area contributed by atoms with Gasteiger partial charge < -0.3 is 14.8 Å². The average molecular weight is 219 g/mol. The van der Waals surface area contributed by atoms with Crippen molar-refractivity contribution < 1.29 is 10.2 Å². The van der Waals surface area contributed by atoms with E-state index in [1.807, 2.05) is 42.1 Å². The second-order valence-corrected chi connectivity index (χ2v) is 4.09. The van der Waals surface area contributed by atoms with Crippen LogP contribution in [0.4, 0.5) is 0 Å². The summed E-state index contributed by atoms with van der Waals surface area (Å²) in [6.07, 6.45) is 2.71. The SMILES string of the molecule is Cn1cc(C(O)CCCO)c2ccccc21. The topological polar surface area (TPSA) is 45.4 Å². The quantitative estimate of drug-likeness (QED) is 0.826. The van der Waals surface area contributed by atoms with Crippen molar-refractivity contribution in [2.45, 2.75) is 18.9 Å². The highest BCUT2D eigenvalue weighted by molar-refractivity contribution is 5.84. The Morgan fingerprint density at radius 1 is 1.31 bits per heavy atom. The molecule has 0 spiro atoms. The van der Waals surface area contributed by atoms with E-state index in [1.54, 1.807) is 0 Å². The van der Waals surface area contributed by atoms with Crippen LogP contribution in [0.25, 0.3) is 10.9 Å². The first-order valence-corrected chi connectivity index (χ1v) is 5.57. The minimum atomic E-state index is -0.488. The van der Waals surface area contributed by atoms with Crippen LogP contribution in [0.15, 0.2) is 30.5 Å². The lowest BCUT2D eigenvalue weighted by atomic mass is 10.0. The number of aliphatic hydroxyl groups is 2. The molecule has 1 heterocycles. The summed E-state index contributed by atoms with van der Waals surface area (Å²) < 4.78 is 2.02. The zero-order valence-electron chi connectivity index (χ0n) is 9.43. The molecule has 3 heteroatoms.